The van der Waals surface area contributed by atoms with Gasteiger partial charge in [0.25, 0.3) is 0 Å². The van der Waals surface area contributed by atoms with Gasteiger partial charge < -0.3 is 4.90 Å². The Balaban J connectivity index is 1.36. The average molecular weight is 339 g/mol. The van der Waals surface area contributed by atoms with Crippen LogP contribution in [0.1, 0.15) is 72.5 Å². The fourth-order valence-corrected chi connectivity index (χ4v) is 5.11. The molecule has 1 saturated heterocycles. The highest BCUT2D eigenvalue weighted by Gasteiger charge is 2.27. The lowest BCUT2D eigenvalue weighted by Crippen LogP contribution is -2.37. The Morgan fingerprint density at radius 2 is 1.56 bits per heavy atom. The van der Waals surface area contributed by atoms with E-state index < -0.39 is 0 Å². The molecule has 0 radical (unpaired) electrons. The van der Waals surface area contributed by atoms with Crippen LogP contribution >= 0.6 is 0 Å². The van der Waals surface area contributed by atoms with E-state index in [1.165, 1.54) is 55.2 Å². The molecule has 0 spiro atoms. The minimum absolute atomic E-state index is 0.228. The molecule has 1 amide bonds. The van der Waals surface area contributed by atoms with Crippen molar-refractivity contribution in [3.63, 3.8) is 0 Å². The van der Waals surface area contributed by atoms with Crippen LogP contribution in [0.5, 0.6) is 0 Å². The van der Waals surface area contributed by atoms with E-state index in [9.17, 15) is 9.59 Å². The maximum absolute atomic E-state index is 12.0. The molecule has 0 aromatic heterocycles. The van der Waals surface area contributed by atoms with Crippen molar-refractivity contribution in [1.29, 1.82) is 0 Å². The number of nitrogens with zero attached hydrogens (tertiary/aromatic N) is 1. The van der Waals surface area contributed by atoms with E-state index in [4.69, 9.17) is 0 Å². The Labute approximate surface area is 150 Å². The van der Waals surface area contributed by atoms with Gasteiger partial charge in [0.2, 0.25) is 5.91 Å². The number of amides is 1. The first kappa shape index (κ1) is 16.8. The lowest BCUT2D eigenvalue weighted by molar-refractivity contribution is -0.130. The summed E-state index contributed by atoms with van der Waals surface area (Å²) in [6.45, 7) is 3.58. The molecule has 2 aliphatic carbocycles. The molecule has 1 unspecified atom stereocenters. The number of piperidine rings is 1. The molecule has 1 heterocycles. The number of benzene rings is 1. The molecular weight excluding hydrogens is 310 g/mol. The SMILES string of the molecule is CC(=O)N1CCC(CC2CCc3cc4c(cc3CC2)C(=O)CC4)CC1. The van der Waals surface area contributed by atoms with Crippen molar-refractivity contribution in [2.45, 2.75) is 64.7 Å². The van der Waals surface area contributed by atoms with Gasteiger partial charge in [-0.3, -0.25) is 9.59 Å². The monoisotopic (exact) mass is 339 g/mol. The summed E-state index contributed by atoms with van der Waals surface area (Å²) in [6, 6.07) is 4.55. The number of carbonyl (C=O) groups excluding carboxylic acids is 2. The van der Waals surface area contributed by atoms with E-state index in [2.05, 4.69) is 12.1 Å². The zero-order valence-electron chi connectivity index (χ0n) is 15.4. The van der Waals surface area contributed by atoms with Gasteiger partial charge in [0, 0.05) is 32.0 Å². The van der Waals surface area contributed by atoms with Crippen molar-refractivity contribution < 1.29 is 9.59 Å². The molecular formula is C22H29NO2. The second-order valence-corrected chi connectivity index (χ2v) is 8.33. The van der Waals surface area contributed by atoms with E-state index >= 15 is 0 Å². The summed E-state index contributed by atoms with van der Waals surface area (Å²) in [7, 11) is 0. The maximum Gasteiger partial charge on any atom is 0.219 e. The maximum atomic E-state index is 12.0. The molecule has 25 heavy (non-hydrogen) atoms. The Morgan fingerprint density at radius 3 is 2.24 bits per heavy atom. The minimum atomic E-state index is 0.228. The molecule has 1 aromatic rings. The van der Waals surface area contributed by atoms with Crippen LogP contribution in [0.3, 0.4) is 0 Å². The van der Waals surface area contributed by atoms with E-state index in [1.54, 1.807) is 6.92 Å². The topological polar surface area (TPSA) is 37.4 Å². The van der Waals surface area contributed by atoms with E-state index in [0.29, 0.717) is 12.2 Å². The predicted octanol–water partition coefficient (Wildman–Crippen LogP) is 3.96. The molecule has 0 saturated carbocycles. The summed E-state index contributed by atoms with van der Waals surface area (Å²) in [4.78, 5) is 25.5. The number of likely N-dealkylation sites (tertiary alicyclic amines) is 1. The molecule has 4 rings (SSSR count). The molecule has 1 atom stereocenters. The number of fused-ring (bicyclic) bond motifs is 2. The lowest BCUT2D eigenvalue weighted by Gasteiger charge is -2.33. The van der Waals surface area contributed by atoms with Crippen molar-refractivity contribution >= 4 is 11.7 Å². The van der Waals surface area contributed by atoms with Crippen LogP contribution < -0.4 is 0 Å². The third-order valence-corrected chi connectivity index (χ3v) is 6.72. The summed E-state index contributed by atoms with van der Waals surface area (Å²) in [5, 5.41) is 0. The fourth-order valence-electron chi connectivity index (χ4n) is 5.11. The number of ketones is 1. The van der Waals surface area contributed by atoms with Gasteiger partial charge in [-0.05, 0) is 86.0 Å². The number of hydrogen-bond donors (Lipinski definition) is 0. The minimum Gasteiger partial charge on any atom is -0.343 e. The molecule has 134 valence electrons. The summed E-state index contributed by atoms with van der Waals surface area (Å²) >= 11 is 0. The predicted molar refractivity (Wildman–Crippen MR) is 98.8 cm³/mol. The van der Waals surface area contributed by atoms with Crippen LogP contribution in [0.2, 0.25) is 0 Å². The molecule has 3 heteroatoms. The van der Waals surface area contributed by atoms with Crippen LogP contribution in [0.4, 0.5) is 0 Å². The Kier molecular flexibility index (Phi) is 4.66. The summed E-state index contributed by atoms with van der Waals surface area (Å²) in [5.74, 6) is 2.15. The van der Waals surface area contributed by atoms with Gasteiger partial charge in [0.1, 0.15) is 0 Å². The van der Waals surface area contributed by atoms with Crippen molar-refractivity contribution in [2.75, 3.05) is 13.1 Å². The van der Waals surface area contributed by atoms with Crippen LogP contribution in [0.25, 0.3) is 0 Å². The van der Waals surface area contributed by atoms with Gasteiger partial charge in [-0.15, -0.1) is 0 Å². The highest BCUT2D eigenvalue weighted by Crippen LogP contribution is 2.34. The molecule has 1 fully saturated rings. The van der Waals surface area contributed by atoms with Crippen molar-refractivity contribution in [1.82, 2.24) is 4.90 Å². The highest BCUT2D eigenvalue weighted by atomic mass is 16.2. The largest absolute Gasteiger partial charge is 0.343 e. The van der Waals surface area contributed by atoms with Crippen molar-refractivity contribution in [3.05, 3.63) is 34.4 Å². The first-order valence-electron chi connectivity index (χ1n) is 10.0. The van der Waals surface area contributed by atoms with Gasteiger partial charge in [-0.1, -0.05) is 6.07 Å². The Bertz CT molecular complexity index is 686. The van der Waals surface area contributed by atoms with Gasteiger partial charge in [0.15, 0.2) is 5.78 Å². The first-order valence-corrected chi connectivity index (χ1v) is 10.0. The average Bonchev–Trinajstić information content (AvgIpc) is 2.85. The zero-order chi connectivity index (χ0) is 17.4. The Morgan fingerprint density at radius 1 is 0.920 bits per heavy atom. The number of carbonyl (C=O) groups is 2. The number of aryl methyl sites for hydroxylation is 3. The summed E-state index contributed by atoms with van der Waals surface area (Å²) < 4.78 is 0. The fraction of sp³-hybridized carbons (Fsp3) is 0.636. The zero-order valence-corrected chi connectivity index (χ0v) is 15.4. The van der Waals surface area contributed by atoms with Crippen LogP contribution in [0.15, 0.2) is 12.1 Å². The third-order valence-electron chi connectivity index (χ3n) is 6.72. The van der Waals surface area contributed by atoms with E-state index in [-0.39, 0.29) is 5.91 Å². The lowest BCUT2D eigenvalue weighted by atomic mass is 9.83. The normalized spacial score (nSPS) is 24.0. The standard InChI is InChI=1S/C22H29NO2/c1-15(24)23-10-8-17(9-11-23)12-16-2-4-18-13-20-6-7-22(25)21(20)14-19(18)5-3-16/h13-14,16-17H,2-12H2,1H3. The van der Waals surface area contributed by atoms with Crippen molar-refractivity contribution in [2.24, 2.45) is 11.8 Å². The van der Waals surface area contributed by atoms with E-state index in [1.807, 2.05) is 4.90 Å². The van der Waals surface area contributed by atoms with Gasteiger partial charge in [0.05, 0.1) is 0 Å². The molecule has 1 aliphatic heterocycles. The molecule has 0 bridgehead atoms. The molecule has 3 nitrogen and oxygen atoms in total. The van der Waals surface area contributed by atoms with Crippen LogP contribution in [-0.2, 0) is 24.1 Å². The van der Waals surface area contributed by atoms with Crippen LogP contribution in [-0.4, -0.2) is 29.7 Å². The van der Waals surface area contributed by atoms with Gasteiger partial charge in [-0.2, -0.15) is 0 Å². The second-order valence-electron chi connectivity index (χ2n) is 8.33. The van der Waals surface area contributed by atoms with Gasteiger partial charge in [-0.25, -0.2) is 0 Å². The summed E-state index contributed by atoms with van der Waals surface area (Å²) in [5.41, 5.74) is 5.23. The van der Waals surface area contributed by atoms with Crippen molar-refractivity contribution in [3.8, 4) is 0 Å². The smallest absolute Gasteiger partial charge is 0.219 e. The van der Waals surface area contributed by atoms with E-state index in [0.717, 1.165) is 43.3 Å². The van der Waals surface area contributed by atoms with Gasteiger partial charge >= 0.3 is 0 Å². The van der Waals surface area contributed by atoms with Crippen LogP contribution in [0, 0.1) is 11.8 Å². The number of hydrogen-bond acceptors (Lipinski definition) is 2. The third kappa shape index (κ3) is 3.51. The quantitative estimate of drug-likeness (QED) is 0.765. The Hall–Kier alpha value is -1.64. The number of rotatable bonds is 2. The summed E-state index contributed by atoms with van der Waals surface area (Å²) in [6.07, 6.45) is 10.2. The first-order chi connectivity index (χ1) is 12.1. The highest BCUT2D eigenvalue weighted by molar-refractivity contribution is 6.00. The second kappa shape index (κ2) is 6.93. The molecule has 1 aromatic carbocycles. The molecule has 3 aliphatic rings. The molecule has 0 N–H and O–H groups in total. The number of Topliss-reactive ketones (excluding diaryl/α,β-unsaturated/α-hetero) is 1.